The van der Waals surface area contributed by atoms with E-state index >= 15 is 0 Å². The first-order valence-corrected chi connectivity index (χ1v) is 6.38. The summed E-state index contributed by atoms with van der Waals surface area (Å²) in [7, 11) is 0. The predicted octanol–water partition coefficient (Wildman–Crippen LogP) is 2.09. The van der Waals surface area contributed by atoms with Crippen LogP contribution in [0.15, 0.2) is 18.5 Å². The molecule has 1 aliphatic carbocycles. The van der Waals surface area contributed by atoms with Gasteiger partial charge in [-0.1, -0.05) is 0 Å². The summed E-state index contributed by atoms with van der Waals surface area (Å²) >= 11 is 0. The van der Waals surface area contributed by atoms with Gasteiger partial charge in [0, 0.05) is 25.0 Å². The monoisotopic (exact) mass is 232 g/mol. The summed E-state index contributed by atoms with van der Waals surface area (Å²) in [5.74, 6) is 0. The molecule has 0 bridgehead atoms. The zero-order valence-electron chi connectivity index (χ0n) is 10.4. The van der Waals surface area contributed by atoms with Gasteiger partial charge in [-0.25, -0.2) is 0 Å². The van der Waals surface area contributed by atoms with Crippen LogP contribution in [0, 0.1) is 11.3 Å². The fourth-order valence-corrected chi connectivity index (χ4v) is 2.02. The third-order valence-electron chi connectivity index (χ3n) is 3.22. The lowest BCUT2D eigenvalue weighted by Crippen LogP contribution is -2.42. The molecule has 1 aromatic rings. The molecule has 4 nitrogen and oxygen atoms in total. The highest BCUT2D eigenvalue weighted by Crippen LogP contribution is 2.24. The number of hydrogen-bond donors (Lipinski definition) is 1. The van der Waals surface area contributed by atoms with Crippen molar-refractivity contribution in [2.75, 3.05) is 0 Å². The summed E-state index contributed by atoms with van der Waals surface area (Å²) in [5, 5.41) is 16.8. The van der Waals surface area contributed by atoms with E-state index in [1.54, 1.807) is 6.20 Å². The molecule has 1 fully saturated rings. The average molecular weight is 232 g/mol. The van der Waals surface area contributed by atoms with Crippen molar-refractivity contribution in [3.63, 3.8) is 0 Å². The van der Waals surface area contributed by atoms with E-state index in [0.29, 0.717) is 6.04 Å². The zero-order valence-corrected chi connectivity index (χ0v) is 10.4. The standard InChI is InChI=1S/C13H20N4/c1-13(11-14,16-12-5-6-12)7-2-3-9-17-10-4-8-15-17/h4,8,10,12,16H,2-3,5-7,9H2,1H3. The fraction of sp³-hybridized carbons (Fsp3) is 0.692. The van der Waals surface area contributed by atoms with Gasteiger partial charge in [-0.2, -0.15) is 10.4 Å². The molecule has 1 unspecified atom stereocenters. The molecule has 1 N–H and O–H groups in total. The van der Waals surface area contributed by atoms with Crippen LogP contribution in [-0.2, 0) is 6.54 Å². The Labute approximate surface area is 103 Å². The van der Waals surface area contributed by atoms with Crippen LogP contribution >= 0.6 is 0 Å². The molecule has 1 saturated carbocycles. The van der Waals surface area contributed by atoms with Crippen LogP contribution in [0.5, 0.6) is 0 Å². The highest BCUT2D eigenvalue weighted by Gasteiger charge is 2.31. The Morgan fingerprint density at radius 2 is 2.35 bits per heavy atom. The Hall–Kier alpha value is -1.34. The Morgan fingerprint density at radius 1 is 1.53 bits per heavy atom. The first kappa shape index (κ1) is 12.1. The summed E-state index contributed by atoms with van der Waals surface area (Å²) in [6.45, 7) is 2.96. The second kappa shape index (κ2) is 5.33. The van der Waals surface area contributed by atoms with Crippen molar-refractivity contribution in [1.29, 1.82) is 5.26 Å². The van der Waals surface area contributed by atoms with Gasteiger partial charge in [-0.05, 0) is 45.1 Å². The van der Waals surface area contributed by atoms with E-state index in [4.69, 9.17) is 0 Å². The molecular formula is C13H20N4. The van der Waals surface area contributed by atoms with Gasteiger partial charge in [0.05, 0.1) is 6.07 Å². The van der Waals surface area contributed by atoms with Gasteiger partial charge in [0.1, 0.15) is 5.54 Å². The van der Waals surface area contributed by atoms with Crippen molar-refractivity contribution in [3.05, 3.63) is 18.5 Å². The maximum absolute atomic E-state index is 9.22. The van der Waals surface area contributed by atoms with Crippen LogP contribution in [0.1, 0.15) is 39.0 Å². The number of nitriles is 1. The van der Waals surface area contributed by atoms with E-state index in [1.807, 2.05) is 23.9 Å². The van der Waals surface area contributed by atoms with Crippen LogP contribution in [0.3, 0.4) is 0 Å². The summed E-state index contributed by atoms with van der Waals surface area (Å²) in [6.07, 6.45) is 9.28. The lowest BCUT2D eigenvalue weighted by Gasteiger charge is -2.23. The number of aromatic nitrogens is 2. The number of nitrogens with one attached hydrogen (secondary N) is 1. The number of aryl methyl sites for hydroxylation is 1. The minimum Gasteiger partial charge on any atom is -0.297 e. The number of unbranched alkanes of at least 4 members (excludes halogenated alkanes) is 1. The molecule has 0 aliphatic heterocycles. The van der Waals surface area contributed by atoms with E-state index in [0.717, 1.165) is 25.8 Å². The quantitative estimate of drug-likeness (QED) is 0.732. The van der Waals surface area contributed by atoms with Gasteiger partial charge in [0.2, 0.25) is 0 Å². The summed E-state index contributed by atoms with van der Waals surface area (Å²) in [4.78, 5) is 0. The second-order valence-corrected chi connectivity index (χ2v) is 5.09. The maximum atomic E-state index is 9.22. The topological polar surface area (TPSA) is 53.6 Å². The summed E-state index contributed by atoms with van der Waals surface area (Å²) in [5.41, 5.74) is -0.342. The van der Waals surface area contributed by atoms with Crippen molar-refractivity contribution in [1.82, 2.24) is 15.1 Å². The molecule has 2 rings (SSSR count). The molecule has 1 heterocycles. The molecule has 1 atom stereocenters. The van der Waals surface area contributed by atoms with E-state index in [-0.39, 0.29) is 5.54 Å². The van der Waals surface area contributed by atoms with Gasteiger partial charge in [0.25, 0.3) is 0 Å². The number of rotatable bonds is 7. The van der Waals surface area contributed by atoms with Crippen molar-refractivity contribution >= 4 is 0 Å². The van der Waals surface area contributed by atoms with E-state index < -0.39 is 0 Å². The largest absolute Gasteiger partial charge is 0.297 e. The third-order valence-corrected chi connectivity index (χ3v) is 3.22. The fourth-order valence-electron chi connectivity index (χ4n) is 2.02. The third kappa shape index (κ3) is 3.86. The smallest absolute Gasteiger partial charge is 0.104 e. The highest BCUT2D eigenvalue weighted by atomic mass is 15.3. The average Bonchev–Trinajstić information content (AvgIpc) is 2.97. The molecular weight excluding hydrogens is 212 g/mol. The van der Waals surface area contributed by atoms with Crippen molar-refractivity contribution in [2.24, 2.45) is 0 Å². The summed E-state index contributed by atoms with van der Waals surface area (Å²) in [6, 6.07) is 4.94. The lowest BCUT2D eigenvalue weighted by atomic mass is 9.96. The zero-order chi connectivity index (χ0) is 12.1. The Balaban J connectivity index is 1.67. The molecule has 0 aromatic carbocycles. The predicted molar refractivity (Wildman–Crippen MR) is 66.3 cm³/mol. The number of nitrogens with zero attached hydrogens (tertiary/aromatic N) is 3. The van der Waals surface area contributed by atoms with Gasteiger partial charge in [0.15, 0.2) is 0 Å². The minimum absolute atomic E-state index is 0.342. The van der Waals surface area contributed by atoms with E-state index in [1.165, 1.54) is 12.8 Å². The normalized spacial score (nSPS) is 18.6. The molecule has 0 radical (unpaired) electrons. The first-order chi connectivity index (χ1) is 8.22. The van der Waals surface area contributed by atoms with Crippen molar-refractivity contribution in [2.45, 2.75) is 57.2 Å². The number of hydrogen-bond acceptors (Lipinski definition) is 3. The molecule has 4 heteroatoms. The van der Waals surface area contributed by atoms with Crippen LogP contribution in [-0.4, -0.2) is 21.4 Å². The van der Waals surface area contributed by atoms with Crippen LogP contribution in [0.25, 0.3) is 0 Å². The molecule has 0 spiro atoms. The molecule has 0 saturated heterocycles. The van der Waals surface area contributed by atoms with E-state index in [2.05, 4.69) is 16.5 Å². The second-order valence-electron chi connectivity index (χ2n) is 5.09. The van der Waals surface area contributed by atoms with Crippen LogP contribution < -0.4 is 5.32 Å². The van der Waals surface area contributed by atoms with Crippen molar-refractivity contribution in [3.8, 4) is 6.07 Å². The Kier molecular flexibility index (Phi) is 3.80. The lowest BCUT2D eigenvalue weighted by molar-refractivity contribution is 0.389. The molecule has 92 valence electrons. The highest BCUT2D eigenvalue weighted by molar-refractivity contribution is 5.06. The Morgan fingerprint density at radius 3 is 2.94 bits per heavy atom. The van der Waals surface area contributed by atoms with Gasteiger partial charge < -0.3 is 0 Å². The van der Waals surface area contributed by atoms with Crippen LogP contribution in [0.4, 0.5) is 0 Å². The Bertz CT molecular complexity index is 375. The van der Waals surface area contributed by atoms with Gasteiger partial charge in [-0.3, -0.25) is 10.00 Å². The molecule has 1 aliphatic rings. The first-order valence-electron chi connectivity index (χ1n) is 6.38. The van der Waals surface area contributed by atoms with Gasteiger partial charge >= 0.3 is 0 Å². The minimum atomic E-state index is -0.342. The van der Waals surface area contributed by atoms with Crippen molar-refractivity contribution < 1.29 is 0 Å². The molecule has 0 amide bonds. The van der Waals surface area contributed by atoms with Gasteiger partial charge in [-0.15, -0.1) is 0 Å². The SMILES string of the molecule is CC(C#N)(CCCCn1cccn1)NC1CC1. The molecule has 17 heavy (non-hydrogen) atoms. The summed E-state index contributed by atoms with van der Waals surface area (Å²) < 4.78 is 1.94. The van der Waals surface area contributed by atoms with E-state index in [9.17, 15) is 5.26 Å². The van der Waals surface area contributed by atoms with Crippen LogP contribution in [0.2, 0.25) is 0 Å². The maximum Gasteiger partial charge on any atom is 0.104 e. The molecule has 1 aromatic heterocycles.